The van der Waals surface area contributed by atoms with Crippen LogP contribution in [0.5, 0.6) is 0 Å². The van der Waals surface area contributed by atoms with Gasteiger partial charge in [0.25, 0.3) is 0 Å². The maximum absolute atomic E-state index is 10.6. The summed E-state index contributed by atoms with van der Waals surface area (Å²) in [6, 6.07) is 0. The molecular weight excluding hydrogens is 188 g/mol. The summed E-state index contributed by atoms with van der Waals surface area (Å²) in [7, 11) is 1.71. The van der Waals surface area contributed by atoms with Gasteiger partial charge in [-0.2, -0.15) is 0 Å². The minimum atomic E-state index is -1.04. The molecule has 1 heterocycles. The lowest BCUT2D eigenvalue weighted by Crippen LogP contribution is -2.37. The van der Waals surface area contributed by atoms with Gasteiger partial charge in [0.05, 0.1) is 18.6 Å². The number of aliphatic hydroxyl groups excluding tert-OH is 2. The maximum Gasteiger partial charge on any atom is 0.220 e. The first kappa shape index (κ1) is 11.4. The zero-order valence-corrected chi connectivity index (χ0v) is 8.01. The van der Waals surface area contributed by atoms with Crippen LogP contribution in [0.15, 0.2) is 0 Å². The Balaban J connectivity index is 2.52. The SMILES string of the molecule is CNCC1OC(CC(N)=O)C(O)C1O. The van der Waals surface area contributed by atoms with E-state index in [1.807, 2.05) is 0 Å². The van der Waals surface area contributed by atoms with E-state index in [1.165, 1.54) is 0 Å². The highest BCUT2D eigenvalue weighted by atomic mass is 16.5. The predicted octanol–water partition coefficient (Wildman–Crippen LogP) is -2.43. The Morgan fingerprint density at radius 2 is 2.00 bits per heavy atom. The molecule has 1 amide bonds. The van der Waals surface area contributed by atoms with Crippen molar-refractivity contribution in [3.63, 3.8) is 0 Å². The first-order valence-corrected chi connectivity index (χ1v) is 4.50. The summed E-state index contributed by atoms with van der Waals surface area (Å²) in [5.74, 6) is -0.550. The van der Waals surface area contributed by atoms with Crippen molar-refractivity contribution in [2.24, 2.45) is 5.73 Å². The summed E-state index contributed by atoms with van der Waals surface area (Å²) in [6.45, 7) is 0.424. The normalized spacial score (nSPS) is 37.4. The molecule has 0 radical (unpaired) electrons. The summed E-state index contributed by atoms with van der Waals surface area (Å²) in [5, 5.41) is 21.8. The number of primary amides is 1. The third kappa shape index (κ3) is 2.42. The van der Waals surface area contributed by atoms with Crippen LogP contribution in [0.2, 0.25) is 0 Å². The topological polar surface area (TPSA) is 105 Å². The standard InChI is InChI=1S/C8H16N2O4/c1-10-3-5-8(13)7(12)4(14-5)2-6(9)11/h4-5,7-8,10,12-13H,2-3H2,1H3,(H2,9,11). The molecule has 0 aromatic rings. The van der Waals surface area contributed by atoms with Crippen LogP contribution >= 0.6 is 0 Å². The Labute approximate surface area is 82.0 Å². The van der Waals surface area contributed by atoms with Crippen molar-refractivity contribution >= 4 is 5.91 Å². The predicted molar refractivity (Wildman–Crippen MR) is 48.4 cm³/mol. The number of carbonyl (C=O) groups is 1. The lowest BCUT2D eigenvalue weighted by Gasteiger charge is -2.13. The third-order valence-electron chi connectivity index (χ3n) is 2.27. The lowest BCUT2D eigenvalue weighted by molar-refractivity contribution is -0.121. The number of nitrogens with one attached hydrogen (secondary N) is 1. The fourth-order valence-corrected chi connectivity index (χ4v) is 1.56. The Morgan fingerprint density at radius 1 is 1.43 bits per heavy atom. The van der Waals surface area contributed by atoms with E-state index in [0.717, 1.165) is 0 Å². The monoisotopic (exact) mass is 204 g/mol. The van der Waals surface area contributed by atoms with Crippen molar-refractivity contribution in [3.05, 3.63) is 0 Å². The highest BCUT2D eigenvalue weighted by molar-refractivity contribution is 5.74. The highest BCUT2D eigenvalue weighted by Crippen LogP contribution is 2.22. The molecule has 4 atom stereocenters. The molecule has 4 unspecified atom stereocenters. The molecule has 1 rings (SSSR count). The molecule has 5 N–H and O–H groups in total. The average molecular weight is 204 g/mol. The van der Waals surface area contributed by atoms with Crippen LogP contribution in [-0.2, 0) is 9.53 Å². The lowest BCUT2D eigenvalue weighted by atomic mass is 10.1. The van der Waals surface area contributed by atoms with Gasteiger partial charge in [-0.3, -0.25) is 4.79 Å². The van der Waals surface area contributed by atoms with E-state index in [2.05, 4.69) is 5.32 Å². The number of nitrogens with two attached hydrogens (primary N) is 1. The minimum absolute atomic E-state index is 0.0710. The van der Waals surface area contributed by atoms with E-state index in [-0.39, 0.29) is 6.42 Å². The molecule has 6 heteroatoms. The first-order valence-electron chi connectivity index (χ1n) is 4.50. The number of hydrogen-bond donors (Lipinski definition) is 4. The second kappa shape index (κ2) is 4.70. The first-order chi connectivity index (χ1) is 6.56. The minimum Gasteiger partial charge on any atom is -0.388 e. The van der Waals surface area contributed by atoms with Crippen LogP contribution in [0.1, 0.15) is 6.42 Å². The van der Waals surface area contributed by atoms with Gasteiger partial charge < -0.3 is 26.0 Å². The van der Waals surface area contributed by atoms with Crippen LogP contribution in [0.4, 0.5) is 0 Å². The van der Waals surface area contributed by atoms with E-state index in [0.29, 0.717) is 6.54 Å². The van der Waals surface area contributed by atoms with Crippen LogP contribution in [0.3, 0.4) is 0 Å². The van der Waals surface area contributed by atoms with Gasteiger partial charge in [0.2, 0.25) is 5.91 Å². The second-order valence-corrected chi connectivity index (χ2v) is 3.42. The number of likely N-dealkylation sites (N-methyl/N-ethyl adjacent to an activating group) is 1. The summed E-state index contributed by atoms with van der Waals surface area (Å²) in [4.78, 5) is 10.6. The van der Waals surface area contributed by atoms with Crippen molar-refractivity contribution in [3.8, 4) is 0 Å². The smallest absolute Gasteiger partial charge is 0.220 e. The summed E-state index contributed by atoms with van der Waals surface area (Å²) >= 11 is 0. The van der Waals surface area contributed by atoms with E-state index >= 15 is 0 Å². The number of amides is 1. The molecular formula is C8H16N2O4. The Kier molecular flexibility index (Phi) is 3.82. The van der Waals surface area contributed by atoms with E-state index in [1.54, 1.807) is 7.05 Å². The molecule has 0 saturated carbocycles. The van der Waals surface area contributed by atoms with Gasteiger partial charge in [-0.25, -0.2) is 0 Å². The number of aliphatic hydroxyl groups is 2. The van der Waals surface area contributed by atoms with Crippen molar-refractivity contribution in [2.75, 3.05) is 13.6 Å². The molecule has 0 spiro atoms. The summed E-state index contributed by atoms with van der Waals surface area (Å²) in [5.41, 5.74) is 4.97. The van der Waals surface area contributed by atoms with Gasteiger partial charge in [-0.1, -0.05) is 0 Å². The van der Waals surface area contributed by atoms with E-state index < -0.39 is 30.3 Å². The Hall–Kier alpha value is -0.690. The van der Waals surface area contributed by atoms with Crippen molar-refractivity contribution in [1.82, 2.24) is 5.32 Å². The zero-order chi connectivity index (χ0) is 10.7. The quantitative estimate of drug-likeness (QED) is 0.407. The molecule has 0 aromatic carbocycles. The molecule has 1 fully saturated rings. The van der Waals surface area contributed by atoms with Crippen molar-refractivity contribution in [2.45, 2.75) is 30.8 Å². The molecule has 0 aliphatic carbocycles. The number of ether oxygens (including phenoxy) is 1. The van der Waals surface area contributed by atoms with Crippen LogP contribution in [0.25, 0.3) is 0 Å². The molecule has 0 aromatic heterocycles. The van der Waals surface area contributed by atoms with Crippen molar-refractivity contribution in [1.29, 1.82) is 0 Å². The van der Waals surface area contributed by atoms with Crippen LogP contribution in [0, 0.1) is 0 Å². The Morgan fingerprint density at radius 3 is 2.50 bits per heavy atom. The fourth-order valence-electron chi connectivity index (χ4n) is 1.56. The second-order valence-electron chi connectivity index (χ2n) is 3.42. The molecule has 0 bridgehead atoms. The fraction of sp³-hybridized carbons (Fsp3) is 0.875. The largest absolute Gasteiger partial charge is 0.388 e. The Bertz CT molecular complexity index is 212. The zero-order valence-electron chi connectivity index (χ0n) is 8.01. The molecule has 1 aliphatic heterocycles. The maximum atomic E-state index is 10.6. The molecule has 6 nitrogen and oxygen atoms in total. The van der Waals surface area contributed by atoms with E-state index in [9.17, 15) is 15.0 Å². The average Bonchev–Trinajstić information content (AvgIpc) is 2.34. The summed E-state index contributed by atoms with van der Waals surface area (Å²) in [6.07, 6.45) is -3.26. The molecule has 82 valence electrons. The van der Waals surface area contributed by atoms with Gasteiger partial charge in [0, 0.05) is 6.54 Å². The van der Waals surface area contributed by atoms with Gasteiger partial charge >= 0.3 is 0 Å². The molecule has 14 heavy (non-hydrogen) atoms. The van der Waals surface area contributed by atoms with Gasteiger partial charge in [-0.15, -0.1) is 0 Å². The third-order valence-corrected chi connectivity index (χ3v) is 2.27. The number of carbonyl (C=O) groups excluding carboxylic acids is 1. The number of hydrogen-bond acceptors (Lipinski definition) is 5. The van der Waals surface area contributed by atoms with Gasteiger partial charge in [0.15, 0.2) is 0 Å². The van der Waals surface area contributed by atoms with E-state index in [4.69, 9.17) is 10.5 Å². The highest BCUT2D eigenvalue weighted by Gasteiger charge is 2.42. The van der Waals surface area contributed by atoms with Gasteiger partial charge in [0.1, 0.15) is 12.2 Å². The van der Waals surface area contributed by atoms with Gasteiger partial charge in [-0.05, 0) is 7.05 Å². The van der Waals surface area contributed by atoms with Crippen LogP contribution < -0.4 is 11.1 Å². The molecule has 1 saturated heterocycles. The number of rotatable bonds is 4. The summed E-state index contributed by atoms with van der Waals surface area (Å²) < 4.78 is 5.27. The molecule has 1 aliphatic rings. The van der Waals surface area contributed by atoms with Crippen LogP contribution in [-0.4, -0.2) is 54.1 Å². The van der Waals surface area contributed by atoms with Crippen molar-refractivity contribution < 1.29 is 19.7 Å².